The van der Waals surface area contributed by atoms with Crippen LogP contribution in [0.25, 0.3) is 0 Å². The fourth-order valence-corrected chi connectivity index (χ4v) is 2.78. The first-order valence-corrected chi connectivity index (χ1v) is 7.78. The number of halogens is 1. The molecule has 0 aliphatic carbocycles. The standard InChI is InChI=1S/C17H22N4O.ClH/c1-12-5-6-13(2)16(10-12)19-17(22)15-7-9-21(20-15)14-4-3-8-18-11-14;/h5-7,9-10,14,18H,3-4,8,11H2,1-2H3,(H,19,22);1H. The van der Waals surface area contributed by atoms with Crippen molar-refractivity contribution in [1.29, 1.82) is 0 Å². The number of carbonyl (C=O) groups is 1. The van der Waals surface area contributed by atoms with Gasteiger partial charge in [0.15, 0.2) is 5.69 Å². The third-order valence-corrected chi connectivity index (χ3v) is 4.13. The van der Waals surface area contributed by atoms with Gasteiger partial charge in [0.1, 0.15) is 0 Å². The molecule has 1 unspecified atom stereocenters. The Hall–Kier alpha value is -1.85. The number of hydrogen-bond acceptors (Lipinski definition) is 3. The van der Waals surface area contributed by atoms with E-state index in [0.29, 0.717) is 11.7 Å². The van der Waals surface area contributed by atoms with Crippen molar-refractivity contribution in [1.82, 2.24) is 15.1 Å². The van der Waals surface area contributed by atoms with Gasteiger partial charge in [0.05, 0.1) is 6.04 Å². The molecule has 0 bridgehead atoms. The summed E-state index contributed by atoms with van der Waals surface area (Å²) in [5, 5.41) is 10.8. The van der Waals surface area contributed by atoms with Crippen LogP contribution >= 0.6 is 12.4 Å². The van der Waals surface area contributed by atoms with Crippen molar-refractivity contribution in [3.05, 3.63) is 47.3 Å². The van der Waals surface area contributed by atoms with Crippen molar-refractivity contribution in [3.8, 4) is 0 Å². The van der Waals surface area contributed by atoms with E-state index < -0.39 is 0 Å². The molecular weight excluding hydrogens is 312 g/mol. The lowest BCUT2D eigenvalue weighted by atomic mass is 10.1. The number of nitrogens with one attached hydrogen (secondary N) is 2. The summed E-state index contributed by atoms with van der Waals surface area (Å²) in [6.07, 6.45) is 4.15. The number of rotatable bonds is 3. The molecule has 3 rings (SSSR count). The second kappa shape index (κ2) is 7.62. The van der Waals surface area contributed by atoms with Crippen molar-refractivity contribution < 1.29 is 4.79 Å². The number of hydrogen-bond donors (Lipinski definition) is 2. The number of carbonyl (C=O) groups excluding carboxylic acids is 1. The Morgan fingerprint density at radius 1 is 1.35 bits per heavy atom. The molecule has 0 radical (unpaired) electrons. The van der Waals surface area contributed by atoms with E-state index in [4.69, 9.17) is 0 Å². The predicted molar refractivity (Wildman–Crippen MR) is 94.5 cm³/mol. The van der Waals surface area contributed by atoms with Gasteiger partial charge in [0.2, 0.25) is 0 Å². The first-order valence-electron chi connectivity index (χ1n) is 7.78. The number of aryl methyl sites for hydroxylation is 2. The summed E-state index contributed by atoms with van der Waals surface area (Å²) in [6, 6.07) is 8.16. The maximum absolute atomic E-state index is 12.4. The highest BCUT2D eigenvalue weighted by atomic mass is 35.5. The molecule has 0 spiro atoms. The normalized spacial score (nSPS) is 17.4. The smallest absolute Gasteiger partial charge is 0.276 e. The van der Waals surface area contributed by atoms with Crippen LogP contribution in [0.4, 0.5) is 5.69 Å². The zero-order valence-corrected chi connectivity index (χ0v) is 14.3. The average molecular weight is 335 g/mol. The molecule has 1 fully saturated rings. The van der Waals surface area contributed by atoms with Gasteiger partial charge < -0.3 is 10.6 Å². The third-order valence-electron chi connectivity index (χ3n) is 4.13. The van der Waals surface area contributed by atoms with Crippen molar-refractivity contribution in [2.45, 2.75) is 32.7 Å². The van der Waals surface area contributed by atoms with Gasteiger partial charge in [-0.05, 0) is 56.5 Å². The molecule has 6 heteroatoms. The van der Waals surface area contributed by atoms with E-state index in [9.17, 15) is 4.79 Å². The van der Waals surface area contributed by atoms with Gasteiger partial charge >= 0.3 is 0 Å². The fraction of sp³-hybridized carbons (Fsp3) is 0.412. The molecule has 1 aliphatic heterocycles. The van der Waals surface area contributed by atoms with E-state index in [0.717, 1.165) is 42.7 Å². The summed E-state index contributed by atoms with van der Waals surface area (Å²) in [4.78, 5) is 12.4. The van der Waals surface area contributed by atoms with Crippen LogP contribution in [0.1, 0.15) is 40.5 Å². The van der Waals surface area contributed by atoms with Crippen LogP contribution in [0.2, 0.25) is 0 Å². The molecule has 1 amide bonds. The summed E-state index contributed by atoms with van der Waals surface area (Å²) in [5.74, 6) is -0.156. The van der Waals surface area contributed by atoms with Gasteiger partial charge in [-0.15, -0.1) is 12.4 Å². The van der Waals surface area contributed by atoms with Crippen LogP contribution in [0.5, 0.6) is 0 Å². The first kappa shape index (κ1) is 17.5. The van der Waals surface area contributed by atoms with E-state index in [1.807, 2.05) is 42.9 Å². The molecule has 2 heterocycles. The lowest BCUT2D eigenvalue weighted by molar-refractivity contribution is 0.102. The number of nitrogens with zero attached hydrogens (tertiary/aromatic N) is 2. The summed E-state index contributed by atoms with van der Waals surface area (Å²) in [5.41, 5.74) is 3.49. The second-order valence-corrected chi connectivity index (χ2v) is 5.95. The van der Waals surface area contributed by atoms with Crippen LogP contribution in [-0.4, -0.2) is 28.8 Å². The van der Waals surface area contributed by atoms with Gasteiger partial charge in [-0.3, -0.25) is 9.48 Å². The Bertz CT molecular complexity index is 677. The minimum atomic E-state index is -0.156. The van der Waals surface area contributed by atoms with Crippen molar-refractivity contribution in [2.24, 2.45) is 0 Å². The van der Waals surface area contributed by atoms with E-state index >= 15 is 0 Å². The van der Waals surface area contributed by atoms with E-state index in [1.165, 1.54) is 0 Å². The summed E-state index contributed by atoms with van der Waals surface area (Å²) < 4.78 is 1.91. The zero-order valence-electron chi connectivity index (χ0n) is 13.5. The highest BCUT2D eigenvalue weighted by Gasteiger charge is 2.18. The lowest BCUT2D eigenvalue weighted by Gasteiger charge is -2.22. The van der Waals surface area contributed by atoms with Crippen molar-refractivity contribution in [3.63, 3.8) is 0 Å². The zero-order chi connectivity index (χ0) is 15.5. The Labute approximate surface area is 142 Å². The molecule has 1 aromatic carbocycles. The predicted octanol–water partition coefficient (Wildman–Crippen LogP) is 3.10. The minimum absolute atomic E-state index is 0. The largest absolute Gasteiger partial charge is 0.320 e. The van der Waals surface area contributed by atoms with Crippen LogP contribution in [0.15, 0.2) is 30.5 Å². The molecular formula is C17H23ClN4O. The number of aromatic nitrogens is 2. The summed E-state index contributed by atoms with van der Waals surface area (Å²) in [7, 11) is 0. The minimum Gasteiger partial charge on any atom is -0.320 e. The number of benzene rings is 1. The first-order chi connectivity index (χ1) is 10.6. The fourth-order valence-electron chi connectivity index (χ4n) is 2.78. The molecule has 0 saturated carbocycles. The maximum atomic E-state index is 12.4. The maximum Gasteiger partial charge on any atom is 0.276 e. The number of anilines is 1. The van der Waals surface area contributed by atoms with Gasteiger partial charge in [-0.2, -0.15) is 5.10 Å². The third kappa shape index (κ3) is 4.12. The van der Waals surface area contributed by atoms with E-state index in [2.05, 4.69) is 15.7 Å². The Kier molecular flexibility index (Phi) is 5.80. The van der Waals surface area contributed by atoms with E-state index in [1.54, 1.807) is 6.07 Å². The lowest BCUT2D eigenvalue weighted by Crippen LogP contribution is -2.32. The Balaban J connectivity index is 0.00000192. The summed E-state index contributed by atoms with van der Waals surface area (Å²) >= 11 is 0. The number of piperidine rings is 1. The Morgan fingerprint density at radius 3 is 2.91 bits per heavy atom. The average Bonchev–Trinajstić information content (AvgIpc) is 3.02. The molecule has 1 aromatic heterocycles. The SMILES string of the molecule is Cc1ccc(C)c(NC(=O)c2ccn(C3CCCNC3)n2)c1.Cl. The van der Waals surface area contributed by atoms with Crippen LogP contribution in [0.3, 0.4) is 0 Å². The second-order valence-electron chi connectivity index (χ2n) is 5.95. The van der Waals surface area contributed by atoms with Crippen LogP contribution in [0, 0.1) is 13.8 Å². The van der Waals surface area contributed by atoms with Crippen molar-refractivity contribution >= 4 is 24.0 Å². The van der Waals surface area contributed by atoms with E-state index in [-0.39, 0.29) is 18.3 Å². The van der Waals surface area contributed by atoms with Gasteiger partial charge in [-0.1, -0.05) is 12.1 Å². The quantitative estimate of drug-likeness (QED) is 0.906. The monoisotopic (exact) mass is 334 g/mol. The van der Waals surface area contributed by atoms with Gasteiger partial charge in [0.25, 0.3) is 5.91 Å². The molecule has 23 heavy (non-hydrogen) atoms. The van der Waals surface area contributed by atoms with Crippen molar-refractivity contribution in [2.75, 3.05) is 18.4 Å². The molecule has 2 aromatic rings. The van der Waals surface area contributed by atoms with Crippen LogP contribution in [-0.2, 0) is 0 Å². The molecule has 1 saturated heterocycles. The number of amides is 1. The highest BCUT2D eigenvalue weighted by molar-refractivity contribution is 6.03. The molecule has 5 nitrogen and oxygen atoms in total. The van der Waals surface area contributed by atoms with Gasteiger partial charge in [-0.25, -0.2) is 0 Å². The highest BCUT2D eigenvalue weighted by Crippen LogP contribution is 2.18. The molecule has 124 valence electrons. The molecule has 2 N–H and O–H groups in total. The van der Waals surface area contributed by atoms with Crippen LogP contribution < -0.4 is 10.6 Å². The topological polar surface area (TPSA) is 59.0 Å². The molecule has 1 atom stereocenters. The Morgan fingerprint density at radius 2 is 2.17 bits per heavy atom. The summed E-state index contributed by atoms with van der Waals surface area (Å²) in [6.45, 7) is 5.98. The van der Waals surface area contributed by atoms with Gasteiger partial charge in [0, 0.05) is 18.4 Å². The molecule has 1 aliphatic rings.